The number of carbonyl (C=O) groups excluding carboxylic acids is 2. The fourth-order valence-electron chi connectivity index (χ4n) is 3.29. The number of hydrogen-bond donors (Lipinski definition) is 2. The van der Waals surface area contributed by atoms with Gasteiger partial charge < -0.3 is 15.5 Å². The van der Waals surface area contributed by atoms with Crippen molar-refractivity contribution >= 4 is 23.5 Å². The van der Waals surface area contributed by atoms with Crippen LogP contribution in [0.5, 0.6) is 0 Å². The minimum atomic E-state index is -5.04. The van der Waals surface area contributed by atoms with E-state index in [0.717, 1.165) is 4.90 Å². The molecule has 7 nitrogen and oxygen atoms in total. The first kappa shape index (κ1) is 24.3. The molecule has 33 heavy (non-hydrogen) atoms. The predicted molar refractivity (Wildman–Crippen MR) is 105 cm³/mol. The Balaban J connectivity index is 1.74. The molecule has 1 aromatic carbocycles. The molecule has 13 heteroatoms. The van der Waals surface area contributed by atoms with E-state index < -0.39 is 46.9 Å². The lowest BCUT2D eigenvalue weighted by molar-refractivity contribution is -0.143. The number of halogens is 6. The van der Waals surface area contributed by atoms with E-state index in [4.69, 9.17) is 0 Å². The van der Waals surface area contributed by atoms with Crippen molar-refractivity contribution in [1.82, 2.24) is 15.3 Å². The number of amides is 2. The summed E-state index contributed by atoms with van der Waals surface area (Å²) in [7, 11) is 0. The fourth-order valence-corrected chi connectivity index (χ4v) is 3.29. The zero-order valence-electron chi connectivity index (χ0n) is 17.2. The molecule has 3 rings (SSSR count). The summed E-state index contributed by atoms with van der Waals surface area (Å²) in [4.78, 5) is 33.8. The third-order valence-corrected chi connectivity index (χ3v) is 4.87. The number of benzene rings is 1. The van der Waals surface area contributed by atoms with Crippen LogP contribution >= 0.6 is 0 Å². The van der Waals surface area contributed by atoms with Gasteiger partial charge in [-0.2, -0.15) is 26.3 Å². The molecule has 1 fully saturated rings. The fraction of sp³-hybridized carbons (Fsp3) is 0.400. The lowest BCUT2D eigenvalue weighted by Crippen LogP contribution is -2.33. The Kier molecular flexibility index (Phi) is 6.79. The maximum absolute atomic E-state index is 13.1. The van der Waals surface area contributed by atoms with Crippen molar-refractivity contribution in [1.29, 1.82) is 0 Å². The maximum atomic E-state index is 13.1. The van der Waals surface area contributed by atoms with Gasteiger partial charge in [0.25, 0.3) is 0 Å². The molecule has 1 unspecified atom stereocenters. The Morgan fingerprint density at radius 2 is 1.76 bits per heavy atom. The molecule has 0 saturated carbocycles. The number of anilines is 2. The second-order valence-electron chi connectivity index (χ2n) is 7.29. The number of nitrogens with one attached hydrogen (secondary N) is 2. The highest BCUT2D eigenvalue weighted by Crippen LogP contribution is 2.39. The Morgan fingerprint density at radius 3 is 2.33 bits per heavy atom. The highest BCUT2D eigenvalue weighted by Gasteiger charge is 2.40. The molecule has 2 heterocycles. The molecule has 1 aliphatic heterocycles. The molecule has 1 atom stereocenters. The third-order valence-electron chi connectivity index (χ3n) is 4.87. The molecule has 0 aliphatic carbocycles. The summed E-state index contributed by atoms with van der Waals surface area (Å²) in [6, 6.07) is 2.49. The van der Waals surface area contributed by atoms with Crippen LogP contribution in [-0.4, -0.2) is 34.9 Å². The number of carbonyl (C=O) groups is 2. The molecule has 0 radical (unpaired) electrons. The number of alkyl halides is 6. The largest absolute Gasteiger partial charge is 0.416 e. The van der Waals surface area contributed by atoms with Crippen LogP contribution < -0.4 is 15.5 Å². The van der Waals surface area contributed by atoms with Crippen molar-refractivity contribution in [2.45, 2.75) is 32.2 Å². The Morgan fingerprint density at radius 1 is 1.12 bits per heavy atom. The first-order chi connectivity index (χ1) is 15.4. The number of hydrogen-bond acceptors (Lipinski definition) is 5. The lowest BCUT2D eigenvalue weighted by atomic mass is 10.1. The summed E-state index contributed by atoms with van der Waals surface area (Å²) >= 11 is 0. The SMILES string of the molecule is CCNc1nccc(CNC(=O)C2CC(=O)N(c3cc(C(F)(F)F)cc(C(F)(F)F)c3)C2)n1. The second kappa shape index (κ2) is 9.24. The highest BCUT2D eigenvalue weighted by molar-refractivity contribution is 6.00. The van der Waals surface area contributed by atoms with Gasteiger partial charge in [0, 0.05) is 31.4 Å². The summed E-state index contributed by atoms with van der Waals surface area (Å²) in [6.07, 6.45) is -8.95. The monoisotopic (exact) mass is 475 g/mol. The van der Waals surface area contributed by atoms with E-state index in [0.29, 0.717) is 30.3 Å². The Labute approximate surface area is 184 Å². The van der Waals surface area contributed by atoms with Crippen LogP contribution in [0.2, 0.25) is 0 Å². The molecule has 0 spiro atoms. The topological polar surface area (TPSA) is 87.2 Å². The van der Waals surface area contributed by atoms with Crippen LogP contribution in [0.4, 0.5) is 38.0 Å². The normalized spacial score (nSPS) is 16.8. The predicted octanol–water partition coefficient (Wildman–Crippen LogP) is 3.62. The number of rotatable bonds is 6. The molecule has 1 saturated heterocycles. The first-order valence-corrected chi connectivity index (χ1v) is 9.82. The number of aromatic nitrogens is 2. The standard InChI is InChI=1S/C20H19F6N5O2/c1-2-27-18-28-4-3-14(30-18)9-29-17(33)11-5-16(32)31(10-11)15-7-12(19(21,22)23)6-13(8-15)20(24,25)26/h3-4,6-8,11H,2,5,9-10H2,1H3,(H,29,33)(H,27,28,30). The van der Waals surface area contributed by atoms with Crippen LogP contribution in [0.3, 0.4) is 0 Å². The zero-order chi connectivity index (χ0) is 24.4. The molecule has 2 aromatic rings. The van der Waals surface area contributed by atoms with Crippen molar-refractivity contribution in [2.24, 2.45) is 5.92 Å². The van der Waals surface area contributed by atoms with Crippen molar-refractivity contribution in [3.05, 3.63) is 47.3 Å². The van der Waals surface area contributed by atoms with E-state index in [9.17, 15) is 35.9 Å². The van der Waals surface area contributed by atoms with Crippen molar-refractivity contribution in [2.75, 3.05) is 23.3 Å². The third kappa shape index (κ3) is 5.90. The zero-order valence-corrected chi connectivity index (χ0v) is 17.2. The van der Waals surface area contributed by atoms with Gasteiger partial charge in [-0.1, -0.05) is 0 Å². The summed E-state index contributed by atoms with van der Waals surface area (Å²) in [6.45, 7) is 2.09. The molecular formula is C20H19F6N5O2. The Hall–Kier alpha value is -3.38. The molecule has 178 valence electrons. The van der Waals surface area contributed by atoms with Crippen molar-refractivity contribution in [3.63, 3.8) is 0 Å². The van der Waals surface area contributed by atoms with Crippen LogP contribution in [-0.2, 0) is 28.5 Å². The van der Waals surface area contributed by atoms with Crippen molar-refractivity contribution in [3.8, 4) is 0 Å². The quantitative estimate of drug-likeness (QED) is 0.624. The van der Waals surface area contributed by atoms with Crippen LogP contribution in [0.1, 0.15) is 30.2 Å². The molecule has 1 aromatic heterocycles. The first-order valence-electron chi connectivity index (χ1n) is 9.82. The average Bonchev–Trinajstić information content (AvgIpc) is 3.13. The van der Waals surface area contributed by atoms with Gasteiger partial charge in [0.05, 0.1) is 29.3 Å². The Bertz CT molecular complexity index is 1010. The van der Waals surface area contributed by atoms with E-state index in [2.05, 4.69) is 20.6 Å². The van der Waals surface area contributed by atoms with Gasteiger partial charge >= 0.3 is 12.4 Å². The van der Waals surface area contributed by atoms with Gasteiger partial charge in [0.2, 0.25) is 17.8 Å². The smallest absolute Gasteiger partial charge is 0.354 e. The average molecular weight is 475 g/mol. The summed E-state index contributed by atoms with van der Waals surface area (Å²) < 4.78 is 78.7. The minimum Gasteiger partial charge on any atom is -0.354 e. The molecule has 2 amide bonds. The lowest BCUT2D eigenvalue weighted by Gasteiger charge is -2.20. The molecular weight excluding hydrogens is 456 g/mol. The van der Waals surface area contributed by atoms with Crippen LogP contribution in [0.15, 0.2) is 30.5 Å². The summed E-state index contributed by atoms with van der Waals surface area (Å²) in [5.41, 5.74) is -3.16. The van der Waals surface area contributed by atoms with Gasteiger partial charge in [-0.15, -0.1) is 0 Å². The minimum absolute atomic E-state index is 0.00617. The number of nitrogens with zero attached hydrogens (tertiary/aromatic N) is 3. The second-order valence-corrected chi connectivity index (χ2v) is 7.29. The maximum Gasteiger partial charge on any atom is 0.416 e. The molecule has 0 bridgehead atoms. The highest BCUT2D eigenvalue weighted by atomic mass is 19.4. The molecule has 2 N–H and O–H groups in total. The van der Waals surface area contributed by atoms with Crippen molar-refractivity contribution < 1.29 is 35.9 Å². The van der Waals surface area contributed by atoms with Crippen LogP contribution in [0, 0.1) is 5.92 Å². The van der Waals surface area contributed by atoms with Crippen LogP contribution in [0.25, 0.3) is 0 Å². The summed E-state index contributed by atoms with van der Waals surface area (Å²) in [5, 5.41) is 5.48. The van der Waals surface area contributed by atoms with E-state index in [1.165, 1.54) is 6.20 Å². The molecule has 1 aliphatic rings. The van der Waals surface area contributed by atoms with E-state index in [-0.39, 0.29) is 25.6 Å². The van der Waals surface area contributed by atoms with E-state index in [1.54, 1.807) is 6.07 Å². The van der Waals surface area contributed by atoms with Gasteiger partial charge in [0.1, 0.15) is 0 Å². The van der Waals surface area contributed by atoms with Gasteiger partial charge in [-0.25, -0.2) is 9.97 Å². The van der Waals surface area contributed by atoms with Gasteiger partial charge in [0.15, 0.2) is 0 Å². The van der Waals surface area contributed by atoms with Gasteiger partial charge in [-0.05, 0) is 31.2 Å². The van der Waals surface area contributed by atoms with Gasteiger partial charge in [-0.3, -0.25) is 9.59 Å². The van der Waals surface area contributed by atoms with E-state index >= 15 is 0 Å². The summed E-state index contributed by atoms with van der Waals surface area (Å²) in [5.74, 6) is -1.91. The van der Waals surface area contributed by atoms with E-state index in [1.807, 2.05) is 6.92 Å².